The average Bonchev–Trinajstić information content (AvgIpc) is 2.71. The van der Waals surface area contributed by atoms with Gasteiger partial charge in [0.2, 0.25) is 0 Å². The maximum absolute atomic E-state index is 12.4. The molecule has 0 radical (unpaired) electrons. The Kier molecular flexibility index (Phi) is 8.24. The molecule has 7 nitrogen and oxygen atoms in total. The molecule has 0 bridgehead atoms. The van der Waals surface area contributed by atoms with Gasteiger partial charge in [-0.2, -0.15) is 0 Å². The SMILES string of the molecule is Cc1ccc(NC(=O)O[C@H](c2ccc(OCCO)cc2)[C@H](C)/C=C/C(=O)O)cc1. The highest BCUT2D eigenvalue weighted by atomic mass is 16.6. The highest BCUT2D eigenvalue weighted by Crippen LogP contribution is 2.29. The van der Waals surface area contributed by atoms with Crippen LogP contribution >= 0.6 is 0 Å². The molecule has 2 rings (SSSR count). The molecule has 0 spiro atoms. The monoisotopic (exact) mass is 399 g/mol. The van der Waals surface area contributed by atoms with Gasteiger partial charge in [-0.25, -0.2) is 9.59 Å². The quantitative estimate of drug-likeness (QED) is 0.552. The highest BCUT2D eigenvalue weighted by Gasteiger charge is 2.22. The van der Waals surface area contributed by atoms with Crippen LogP contribution in [0.25, 0.3) is 0 Å². The van der Waals surface area contributed by atoms with Crippen molar-refractivity contribution in [1.82, 2.24) is 0 Å². The van der Waals surface area contributed by atoms with E-state index in [1.165, 1.54) is 6.08 Å². The van der Waals surface area contributed by atoms with Gasteiger partial charge in [0.25, 0.3) is 0 Å². The first-order valence-electron chi connectivity index (χ1n) is 9.18. The molecule has 1 amide bonds. The molecule has 0 aromatic heterocycles. The minimum absolute atomic E-state index is 0.0936. The number of carboxylic acid groups (broad SMARTS) is 1. The van der Waals surface area contributed by atoms with Crippen molar-refractivity contribution in [2.45, 2.75) is 20.0 Å². The molecule has 2 aromatic rings. The summed E-state index contributed by atoms with van der Waals surface area (Å²) in [6, 6.07) is 14.2. The van der Waals surface area contributed by atoms with Gasteiger partial charge in [0.15, 0.2) is 0 Å². The molecule has 2 atom stereocenters. The summed E-state index contributed by atoms with van der Waals surface area (Å²) >= 11 is 0. The predicted molar refractivity (Wildman–Crippen MR) is 109 cm³/mol. The van der Waals surface area contributed by atoms with Crippen molar-refractivity contribution in [3.8, 4) is 5.75 Å². The van der Waals surface area contributed by atoms with Gasteiger partial charge in [-0.3, -0.25) is 5.32 Å². The number of aliphatic hydroxyl groups is 1. The zero-order valence-electron chi connectivity index (χ0n) is 16.4. The Hall–Kier alpha value is -3.32. The zero-order chi connectivity index (χ0) is 21.2. The van der Waals surface area contributed by atoms with Crippen LogP contribution in [0.2, 0.25) is 0 Å². The van der Waals surface area contributed by atoms with Gasteiger partial charge in [0, 0.05) is 17.7 Å². The van der Waals surface area contributed by atoms with Crippen molar-refractivity contribution in [2.24, 2.45) is 5.92 Å². The maximum atomic E-state index is 12.4. The fourth-order valence-corrected chi connectivity index (χ4v) is 2.63. The van der Waals surface area contributed by atoms with Gasteiger partial charge in [-0.1, -0.05) is 42.8 Å². The van der Waals surface area contributed by atoms with Crippen LogP contribution in [0.1, 0.15) is 24.2 Å². The smallest absolute Gasteiger partial charge is 0.412 e. The summed E-state index contributed by atoms with van der Waals surface area (Å²) in [6.07, 6.45) is 1.15. The summed E-state index contributed by atoms with van der Waals surface area (Å²) in [5.41, 5.74) is 2.35. The standard InChI is InChI=1S/C22H25NO6/c1-15-3-8-18(9-4-15)23-22(27)29-21(16(2)5-12-20(25)26)17-6-10-19(11-7-17)28-14-13-24/h3-12,16,21,24H,13-14H2,1-2H3,(H,23,27)(H,25,26)/b12-5+/t16-,21+/m1/s1. The van der Waals surface area contributed by atoms with E-state index in [1.54, 1.807) is 43.3 Å². The molecule has 0 aliphatic heterocycles. The van der Waals surface area contributed by atoms with E-state index in [4.69, 9.17) is 19.7 Å². The first-order chi connectivity index (χ1) is 13.9. The molecule has 0 saturated heterocycles. The molecule has 29 heavy (non-hydrogen) atoms. The van der Waals surface area contributed by atoms with E-state index in [-0.39, 0.29) is 19.1 Å². The summed E-state index contributed by atoms with van der Waals surface area (Å²) in [5.74, 6) is -0.897. The summed E-state index contributed by atoms with van der Waals surface area (Å²) in [4.78, 5) is 23.3. The predicted octanol–water partition coefficient (Wildman–Crippen LogP) is 3.93. The van der Waals surface area contributed by atoms with Crippen molar-refractivity contribution >= 4 is 17.7 Å². The van der Waals surface area contributed by atoms with E-state index in [0.717, 1.165) is 11.6 Å². The molecule has 0 aliphatic carbocycles. The Labute approximate surface area is 169 Å². The Bertz CT molecular complexity index is 829. The van der Waals surface area contributed by atoms with Gasteiger partial charge in [-0.15, -0.1) is 0 Å². The fraction of sp³-hybridized carbons (Fsp3) is 0.273. The number of hydrogen-bond acceptors (Lipinski definition) is 5. The lowest BCUT2D eigenvalue weighted by Gasteiger charge is -2.23. The number of benzene rings is 2. The lowest BCUT2D eigenvalue weighted by molar-refractivity contribution is -0.131. The van der Waals surface area contributed by atoms with E-state index < -0.39 is 18.2 Å². The third-order valence-corrected chi connectivity index (χ3v) is 4.12. The molecule has 0 unspecified atom stereocenters. The molecule has 2 aromatic carbocycles. The number of hydrogen-bond donors (Lipinski definition) is 3. The molecule has 3 N–H and O–H groups in total. The average molecular weight is 399 g/mol. The van der Waals surface area contributed by atoms with Gasteiger partial charge < -0.3 is 19.7 Å². The maximum Gasteiger partial charge on any atom is 0.412 e. The van der Waals surface area contributed by atoms with Crippen LogP contribution in [0.5, 0.6) is 5.75 Å². The fourth-order valence-electron chi connectivity index (χ4n) is 2.63. The van der Waals surface area contributed by atoms with Crippen LogP contribution in [0.15, 0.2) is 60.7 Å². The number of carboxylic acids is 1. The summed E-state index contributed by atoms with van der Waals surface area (Å²) in [5, 5.41) is 20.4. The second-order valence-electron chi connectivity index (χ2n) is 6.51. The van der Waals surface area contributed by atoms with Gasteiger partial charge in [-0.05, 0) is 36.8 Å². The van der Waals surface area contributed by atoms with Crippen molar-refractivity contribution in [2.75, 3.05) is 18.5 Å². The molecular weight excluding hydrogens is 374 g/mol. The third-order valence-electron chi connectivity index (χ3n) is 4.12. The number of nitrogens with one attached hydrogen (secondary N) is 1. The van der Waals surface area contributed by atoms with Crippen LogP contribution < -0.4 is 10.1 Å². The van der Waals surface area contributed by atoms with E-state index in [9.17, 15) is 9.59 Å². The number of carbonyl (C=O) groups is 2. The Balaban J connectivity index is 2.16. The lowest BCUT2D eigenvalue weighted by atomic mass is 9.96. The Morgan fingerprint density at radius 3 is 2.34 bits per heavy atom. The second kappa shape index (κ2) is 10.9. The Morgan fingerprint density at radius 2 is 1.76 bits per heavy atom. The number of anilines is 1. The van der Waals surface area contributed by atoms with E-state index >= 15 is 0 Å². The van der Waals surface area contributed by atoms with Gasteiger partial charge in [0.05, 0.1) is 6.61 Å². The van der Waals surface area contributed by atoms with E-state index in [2.05, 4.69) is 5.32 Å². The lowest BCUT2D eigenvalue weighted by Crippen LogP contribution is -2.21. The van der Waals surface area contributed by atoms with Gasteiger partial charge in [0.1, 0.15) is 18.5 Å². The molecule has 7 heteroatoms. The first-order valence-corrected chi connectivity index (χ1v) is 9.18. The van der Waals surface area contributed by atoms with Crippen LogP contribution in [0, 0.1) is 12.8 Å². The van der Waals surface area contributed by atoms with E-state index in [0.29, 0.717) is 17.0 Å². The number of aliphatic carboxylic acids is 1. The number of aryl methyl sites for hydroxylation is 1. The highest BCUT2D eigenvalue weighted by molar-refractivity contribution is 5.84. The molecular formula is C22H25NO6. The van der Waals surface area contributed by atoms with Crippen LogP contribution in [0.4, 0.5) is 10.5 Å². The van der Waals surface area contributed by atoms with Crippen LogP contribution in [-0.2, 0) is 9.53 Å². The van der Waals surface area contributed by atoms with Gasteiger partial charge >= 0.3 is 12.1 Å². The number of ether oxygens (including phenoxy) is 2. The molecule has 0 aliphatic rings. The van der Waals surface area contributed by atoms with Crippen LogP contribution in [0.3, 0.4) is 0 Å². The van der Waals surface area contributed by atoms with Crippen molar-refractivity contribution < 1.29 is 29.3 Å². The summed E-state index contributed by atoms with van der Waals surface area (Å²) in [7, 11) is 0. The van der Waals surface area contributed by atoms with E-state index in [1.807, 2.05) is 19.1 Å². The topological polar surface area (TPSA) is 105 Å². The molecule has 0 fully saturated rings. The summed E-state index contributed by atoms with van der Waals surface area (Å²) in [6.45, 7) is 3.79. The van der Waals surface area contributed by atoms with Crippen molar-refractivity contribution in [3.05, 3.63) is 71.8 Å². The minimum atomic E-state index is -1.08. The number of carbonyl (C=O) groups excluding carboxylic acids is 1. The molecule has 0 saturated carbocycles. The number of rotatable bonds is 9. The normalized spacial score (nSPS) is 12.9. The Morgan fingerprint density at radius 1 is 1.10 bits per heavy atom. The second-order valence-corrected chi connectivity index (χ2v) is 6.51. The molecule has 154 valence electrons. The first kappa shape index (κ1) is 22.0. The number of amides is 1. The number of aliphatic hydroxyl groups excluding tert-OH is 1. The zero-order valence-corrected chi connectivity index (χ0v) is 16.4. The summed E-state index contributed by atoms with van der Waals surface area (Å²) < 4.78 is 10.9. The van der Waals surface area contributed by atoms with Crippen molar-refractivity contribution in [3.63, 3.8) is 0 Å². The largest absolute Gasteiger partial charge is 0.491 e. The van der Waals surface area contributed by atoms with Crippen LogP contribution in [-0.4, -0.2) is 35.5 Å². The molecule has 0 heterocycles. The van der Waals surface area contributed by atoms with Crippen molar-refractivity contribution in [1.29, 1.82) is 0 Å². The third kappa shape index (κ3) is 7.31. The minimum Gasteiger partial charge on any atom is -0.491 e.